The van der Waals surface area contributed by atoms with Crippen LogP contribution < -0.4 is 15.0 Å². The number of carboxylic acids is 1. The fourth-order valence-corrected chi connectivity index (χ4v) is 4.94. The van der Waals surface area contributed by atoms with Gasteiger partial charge < -0.3 is 14.6 Å². The summed E-state index contributed by atoms with van der Waals surface area (Å²) in [5.74, 6) is 0.0555. The van der Waals surface area contributed by atoms with Gasteiger partial charge in [0.1, 0.15) is 10.8 Å². The SMILES string of the molecule is CCOc1cc(C=Nn2c(C3CCCCC3)nc3ccccc3c2=O)c(Br)c(Cl)c1O[C@H](C)C(=O)O. The molecule has 8 nitrogen and oxygen atoms in total. The molecule has 0 bridgehead atoms. The quantitative estimate of drug-likeness (QED) is 0.330. The lowest BCUT2D eigenvalue weighted by Crippen LogP contribution is -2.25. The molecule has 0 amide bonds. The van der Waals surface area contributed by atoms with Crippen molar-refractivity contribution in [1.29, 1.82) is 0 Å². The Kier molecular flexibility index (Phi) is 8.31. The summed E-state index contributed by atoms with van der Waals surface area (Å²) in [5, 5.41) is 14.4. The van der Waals surface area contributed by atoms with Crippen molar-refractivity contribution in [2.75, 3.05) is 6.61 Å². The van der Waals surface area contributed by atoms with E-state index in [0.29, 0.717) is 33.4 Å². The van der Waals surface area contributed by atoms with E-state index in [1.54, 1.807) is 25.1 Å². The van der Waals surface area contributed by atoms with Gasteiger partial charge >= 0.3 is 5.97 Å². The molecule has 10 heteroatoms. The Morgan fingerprint density at radius 2 is 2.06 bits per heavy atom. The zero-order valence-corrected chi connectivity index (χ0v) is 22.4. The van der Waals surface area contributed by atoms with E-state index in [1.165, 1.54) is 24.2 Å². The first-order valence-corrected chi connectivity index (χ1v) is 13.1. The molecule has 0 radical (unpaired) electrons. The number of halogens is 2. The fourth-order valence-electron chi connectivity index (χ4n) is 4.30. The van der Waals surface area contributed by atoms with E-state index in [1.807, 2.05) is 12.1 Å². The number of ether oxygens (including phenoxy) is 2. The molecule has 1 aromatic heterocycles. The third-order valence-electron chi connectivity index (χ3n) is 6.16. The molecule has 0 unspecified atom stereocenters. The van der Waals surface area contributed by atoms with Crippen molar-refractivity contribution in [3.8, 4) is 11.5 Å². The van der Waals surface area contributed by atoms with E-state index in [-0.39, 0.29) is 28.0 Å². The predicted molar refractivity (Wildman–Crippen MR) is 143 cm³/mol. The molecule has 4 rings (SSSR count). The molecule has 1 heterocycles. The third-order valence-corrected chi connectivity index (χ3v) is 7.60. The second-order valence-electron chi connectivity index (χ2n) is 8.64. The Morgan fingerprint density at radius 3 is 2.75 bits per heavy atom. The number of nitrogens with zero attached hydrogens (tertiary/aromatic N) is 3. The van der Waals surface area contributed by atoms with Crippen LogP contribution in [-0.4, -0.2) is 39.7 Å². The van der Waals surface area contributed by atoms with Crippen LogP contribution in [0.2, 0.25) is 5.02 Å². The molecule has 2 aromatic carbocycles. The summed E-state index contributed by atoms with van der Waals surface area (Å²) in [7, 11) is 0. The maximum atomic E-state index is 13.4. The molecule has 0 aliphatic heterocycles. The lowest BCUT2D eigenvalue weighted by molar-refractivity contribution is -0.144. The Bertz CT molecular complexity index is 1370. The summed E-state index contributed by atoms with van der Waals surface area (Å²) in [5.41, 5.74) is 0.958. The van der Waals surface area contributed by atoms with Gasteiger partial charge in [-0.25, -0.2) is 9.78 Å². The number of fused-ring (bicyclic) bond motifs is 1. The van der Waals surface area contributed by atoms with Crippen LogP contribution in [0.1, 0.15) is 63.3 Å². The minimum absolute atomic E-state index is 0.116. The smallest absolute Gasteiger partial charge is 0.344 e. The van der Waals surface area contributed by atoms with Gasteiger partial charge in [-0.3, -0.25) is 4.79 Å². The molecule has 1 saturated carbocycles. The van der Waals surface area contributed by atoms with Crippen molar-refractivity contribution in [2.24, 2.45) is 5.10 Å². The van der Waals surface area contributed by atoms with Crippen LogP contribution in [-0.2, 0) is 4.79 Å². The van der Waals surface area contributed by atoms with Crippen LogP contribution in [0, 0.1) is 0 Å². The van der Waals surface area contributed by atoms with Crippen LogP contribution in [0.15, 0.2) is 44.7 Å². The normalized spacial score (nSPS) is 15.3. The highest BCUT2D eigenvalue weighted by molar-refractivity contribution is 9.10. The first-order chi connectivity index (χ1) is 17.3. The highest BCUT2D eigenvalue weighted by atomic mass is 79.9. The monoisotopic (exact) mass is 575 g/mol. The number of para-hydroxylation sites is 1. The summed E-state index contributed by atoms with van der Waals surface area (Å²) in [6.07, 6.45) is 5.66. The maximum absolute atomic E-state index is 13.4. The number of rotatable bonds is 8. The highest BCUT2D eigenvalue weighted by Crippen LogP contribution is 2.43. The van der Waals surface area contributed by atoms with Crippen LogP contribution in [0.4, 0.5) is 0 Å². The molecule has 1 fully saturated rings. The van der Waals surface area contributed by atoms with Crippen LogP contribution in [0.3, 0.4) is 0 Å². The van der Waals surface area contributed by atoms with E-state index in [4.69, 9.17) is 26.1 Å². The van der Waals surface area contributed by atoms with Gasteiger partial charge in [-0.15, -0.1) is 0 Å². The van der Waals surface area contributed by atoms with E-state index in [9.17, 15) is 14.7 Å². The predicted octanol–water partition coefficient (Wildman–Crippen LogP) is 5.99. The van der Waals surface area contributed by atoms with Crippen LogP contribution >= 0.6 is 27.5 Å². The summed E-state index contributed by atoms with van der Waals surface area (Å²) < 4.78 is 13.1. The third kappa shape index (κ3) is 5.42. The zero-order valence-electron chi connectivity index (χ0n) is 20.0. The summed E-state index contributed by atoms with van der Waals surface area (Å²) in [4.78, 5) is 29.6. The number of hydrogen-bond acceptors (Lipinski definition) is 6. The van der Waals surface area contributed by atoms with E-state index < -0.39 is 12.1 Å². The zero-order chi connectivity index (χ0) is 25.8. The molecular weight excluding hydrogens is 550 g/mol. The van der Waals surface area contributed by atoms with E-state index >= 15 is 0 Å². The topological polar surface area (TPSA) is 103 Å². The van der Waals surface area contributed by atoms with Crippen molar-refractivity contribution in [3.05, 3.63) is 61.6 Å². The molecule has 1 aliphatic carbocycles. The first kappa shape index (κ1) is 26.2. The lowest BCUT2D eigenvalue weighted by atomic mass is 9.88. The van der Waals surface area contributed by atoms with Gasteiger partial charge in [0.2, 0.25) is 0 Å². The van der Waals surface area contributed by atoms with Gasteiger partial charge in [0, 0.05) is 16.0 Å². The number of carbonyl (C=O) groups is 1. The van der Waals surface area contributed by atoms with Crippen molar-refractivity contribution in [3.63, 3.8) is 0 Å². The number of carboxylic acid groups (broad SMARTS) is 1. The van der Waals surface area contributed by atoms with Crippen molar-refractivity contribution >= 4 is 50.6 Å². The Hall–Kier alpha value is -2.91. The summed E-state index contributed by atoms with van der Waals surface area (Å²) in [6.45, 7) is 3.51. The number of benzene rings is 2. The van der Waals surface area contributed by atoms with Crippen molar-refractivity contribution in [2.45, 2.75) is 58.0 Å². The van der Waals surface area contributed by atoms with E-state index in [2.05, 4.69) is 21.0 Å². The lowest BCUT2D eigenvalue weighted by Gasteiger charge is -2.22. The average Bonchev–Trinajstić information content (AvgIpc) is 2.88. The number of aliphatic carboxylic acids is 1. The summed E-state index contributed by atoms with van der Waals surface area (Å²) in [6, 6.07) is 8.92. The molecule has 3 aromatic rings. The molecule has 36 heavy (non-hydrogen) atoms. The molecular formula is C26H27BrClN3O5. The first-order valence-electron chi connectivity index (χ1n) is 11.9. The minimum atomic E-state index is -1.13. The van der Waals surface area contributed by atoms with Gasteiger partial charge in [0.25, 0.3) is 5.56 Å². The van der Waals surface area contributed by atoms with E-state index in [0.717, 1.165) is 25.7 Å². The Balaban J connectivity index is 1.81. The second-order valence-corrected chi connectivity index (χ2v) is 9.81. The van der Waals surface area contributed by atoms with Gasteiger partial charge in [-0.05, 0) is 60.8 Å². The molecule has 0 saturated heterocycles. The van der Waals surface area contributed by atoms with Gasteiger partial charge in [-0.1, -0.05) is 43.0 Å². The molecule has 190 valence electrons. The van der Waals surface area contributed by atoms with Crippen LogP contribution in [0.5, 0.6) is 11.5 Å². The minimum Gasteiger partial charge on any atom is -0.490 e. The van der Waals surface area contributed by atoms with Gasteiger partial charge in [-0.2, -0.15) is 9.78 Å². The highest BCUT2D eigenvalue weighted by Gasteiger charge is 2.24. The maximum Gasteiger partial charge on any atom is 0.344 e. The fraction of sp³-hybridized carbons (Fsp3) is 0.385. The van der Waals surface area contributed by atoms with Gasteiger partial charge in [0.15, 0.2) is 17.6 Å². The van der Waals surface area contributed by atoms with Crippen molar-refractivity contribution in [1.82, 2.24) is 9.66 Å². The average molecular weight is 577 g/mol. The van der Waals surface area contributed by atoms with Crippen LogP contribution in [0.25, 0.3) is 10.9 Å². The molecule has 1 N–H and O–H groups in total. The Labute approximate surface area is 222 Å². The molecule has 1 aliphatic rings. The number of hydrogen-bond donors (Lipinski definition) is 1. The Morgan fingerprint density at radius 1 is 1.33 bits per heavy atom. The number of aromatic nitrogens is 2. The summed E-state index contributed by atoms with van der Waals surface area (Å²) >= 11 is 10.0. The largest absolute Gasteiger partial charge is 0.490 e. The van der Waals surface area contributed by atoms with Gasteiger partial charge in [0.05, 0.1) is 23.7 Å². The van der Waals surface area contributed by atoms with Crippen molar-refractivity contribution < 1.29 is 19.4 Å². The standard InChI is InChI=1S/C26H27BrClN3O5/c1-3-35-20-13-17(21(27)22(28)23(20)36-15(2)26(33)34)14-29-31-24(16-9-5-4-6-10-16)30-19-12-8-7-11-18(19)25(31)32/h7-8,11-16H,3-6,9-10H2,1-2H3,(H,33,34)/t15-/m1/s1. The molecule has 1 atom stereocenters. The molecule has 0 spiro atoms. The second kappa shape index (κ2) is 11.4.